The van der Waals surface area contributed by atoms with Gasteiger partial charge in [0, 0.05) is 24.0 Å². The smallest absolute Gasteiger partial charge is 0.342 e. The SMILES string of the molecule is CCOc1oc(C2CC2)nc1C.COC(=O)/C=C\C(=O)OC.COC(=O)c1c(C2CC2)nc(C)c(O)c1C(=O)OC. The van der Waals surface area contributed by atoms with E-state index in [-0.39, 0.29) is 22.8 Å². The summed E-state index contributed by atoms with van der Waals surface area (Å²) < 4.78 is 28.4. The van der Waals surface area contributed by atoms with E-state index in [1.54, 1.807) is 6.92 Å². The molecule has 2 fully saturated rings. The highest BCUT2D eigenvalue weighted by atomic mass is 16.6. The topological polar surface area (TPSA) is 174 Å². The average Bonchev–Trinajstić information content (AvgIpc) is 3.91. The molecule has 0 bridgehead atoms. The Bertz CT molecular complexity index is 1260. The van der Waals surface area contributed by atoms with Gasteiger partial charge in [-0.1, -0.05) is 0 Å². The third kappa shape index (κ3) is 9.33. The summed E-state index contributed by atoms with van der Waals surface area (Å²) in [4.78, 5) is 52.8. The van der Waals surface area contributed by atoms with Crippen LogP contribution in [0.5, 0.6) is 11.7 Å². The Morgan fingerprint density at radius 3 is 1.76 bits per heavy atom. The van der Waals surface area contributed by atoms with Gasteiger partial charge in [-0.05, 0) is 46.5 Å². The lowest BCUT2D eigenvalue weighted by atomic mass is 10.0. The summed E-state index contributed by atoms with van der Waals surface area (Å²) in [7, 11) is 4.86. The van der Waals surface area contributed by atoms with Crippen molar-refractivity contribution >= 4 is 23.9 Å². The fourth-order valence-electron chi connectivity index (χ4n) is 3.42. The Hall–Kier alpha value is -4.42. The maximum Gasteiger partial charge on any atom is 0.342 e. The molecule has 2 heterocycles. The molecule has 13 nitrogen and oxygen atoms in total. The van der Waals surface area contributed by atoms with E-state index in [1.807, 2.05) is 13.8 Å². The van der Waals surface area contributed by atoms with Gasteiger partial charge in [0.1, 0.15) is 11.3 Å². The Morgan fingerprint density at radius 1 is 0.805 bits per heavy atom. The molecule has 1 N–H and O–H groups in total. The number of methoxy groups -OCH3 is 4. The zero-order chi connectivity index (χ0) is 30.7. The van der Waals surface area contributed by atoms with E-state index in [0.29, 0.717) is 29.9 Å². The predicted molar refractivity (Wildman–Crippen MR) is 143 cm³/mol. The lowest BCUT2D eigenvalue weighted by Crippen LogP contribution is -2.17. The maximum atomic E-state index is 11.9. The Labute approximate surface area is 237 Å². The van der Waals surface area contributed by atoms with Crippen LogP contribution >= 0.6 is 0 Å². The largest absolute Gasteiger partial charge is 0.505 e. The molecule has 0 spiro atoms. The van der Waals surface area contributed by atoms with Gasteiger partial charge < -0.3 is 33.2 Å². The molecule has 0 atom stereocenters. The fourth-order valence-corrected chi connectivity index (χ4v) is 3.42. The van der Waals surface area contributed by atoms with Crippen molar-refractivity contribution < 1.29 is 52.4 Å². The summed E-state index contributed by atoms with van der Waals surface area (Å²) in [6, 6.07) is 0. The van der Waals surface area contributed by atoms with Crippen LogP contribution in [-0.4, -0.2) is 74.0 Å². The van der Waals surface area contributed by atoms with E-state index < -0.39 is 23.9 Å². The highest BCUT2D eigenvalue weighted by molar-refractivity contribution is 6.06. The molecule has 2 aromatic rings. The maximum absolute atomic E-state index is 11.9. The van der Waals surface area contributed by atoms with E-state index in [2.05, 4.69) is 28.9 Å². The van der Waals surface area contributed by atoms with Gasteiger partial charge in [0.25, 0.3) is 0 Å². The number of carbonyl (C=O) groups is 4. The molecule has 0 saturated heterocycles. The monoisotopic (exact) mass is 576 g/mol. The number of hydrogen-bond donors (Lipinski definition) is 1. The first-order valence-corrected chi connectivity index (χ1v) is 12.9. The minimum Gasteiger partial charge on any atom is -0.505 e. The van der Waals surface area contributed by atoms with Crippen LogP contribution in [0.4, 0.5) is 0 Å². The number of pyridine rings is 1. The summed E-state index contributed by atoms with van der Waals surface area (Å²) >= 11 is 0. The highest BCUT2D eigenvalue weighted by Crippen LogP contribution is 2.43. The molecule has 0 aliphatic heterocycles. The highest BCUT2D eigenvalue weighted by Gasteiger charge is 2.36. The van der Waals surface area contributed by atoms with Crippen molar-refractivity contribution in [1.82, 2.24) is 9.97 Å². The van der Waals surface area contributed by atoms with Crippen molar-refractivity contribution in [3.05, 3.63) is 46.3 Å². The van der Waals surface area contributed by atoms with E-state index >= 15 is 0 Å². The van der Waals surface area contributed by atoms with Gasteiger partial charge in [-0.25, -0.2) is 24.2 Å². The second-order valence-electron chi connectivity index (χ2n) is 8.95. The summed E-state index contributed by atoms with van der Waals surface area (Å²) in [6.45, 7) is 6.08. The molecule has 4 rings (SSSR count). The standard InChI is InChI=1S/C13H15NO5.C9H13NO2.C6H8O4/c1-6-11(15)9(13(17)19-3)8(12(16)18-2)10(14-6)7-4-5-7;1-3-11-9-6(2)10-8(12-9)7-4-5-7;1-9-5(7)3-4-6(8)10-2/h7,15H,4-5H2,1-3H3;7H,3-5H2,1-2H3;3-4H,1-2H3/b;;4-3-. The quantitative estimate of drug-likeness (QED) is 0.274. The van der Waals surface area contributed by atoms with Crippen molar-refractivity contribution in [2.75, 3.05) is 35.0 Å². The molecule has 2 aliphatic rings. The van der Waals surface area contributed by atoms with E-state index in [1.165, 1.54) is 41.3 Å². The molecule has 224 valence electrons. The molecule has 2 aliphatic carbocycles. The number of nitrogens with zero attached hydrogens (tertiary/aromatic N) is 2. The van der Waals surface area contributed by atoms with Gasteiger partial charge in [0.15, 0.2) is 5.75 Å². The molecular formula is C28H36N2O11. The van der Waals surface area contributed by atoms with Crippen LogP contribution in [0, 0.1) is 13.8 Å². The Balaban J connectivity index is 0.000000231. The molecular weight excluding hydrogens is 540 g/mol. The van der Waals surface area contributed by atoms with Gasteiger partial charge >= 0.3 is 29.8 Å². The van der Waals surface area contributed by atoms with Crippen molar-refractivity contribution in [2.45, 2.75) is 58.3 Å². The van der Waals surface area contributed by atoms with E-state index in [4.69, 9.17) is 9.15 Å². The minimum absolute atomic E-state index is 0.0138. The van der Waals surface area contributed by atoms with Crippen LogP contribution in [0.2, 0.25) is 0 Å². The van der Waals surface area contributed by atoms with Gasteiger partial charge in [0.05, 0.1) is 52.0 Å². The Morgan fingerprint density at radius 2 is 1.32 bits per heavy atom. The van der Waals surface area contributed by atoms with Gasteiger partial charge in [-0.15, -0.1) is 0 Å². The van der Waals surface area contributed by atoms with Crippen molar-refractivity contribution in [3.63, 3.8) is 0 Å². The minimum atomic E-state index is -0.773. The third-order valence-electron chi connectivity index (χ3n) is 5.85. The van der Waals surface area contributed by atoms with Crippen LogP contribution in [0.3, 0.4) is 0 Å². The lowest BCUT2D eigenvalue weighted by molar-refractivity contribution is -0.137. The zero-order valence-electron chi connectivity index (χ0n) is 24.3. The molecule has 13 heteroatoms. The van der Waals surface area contributed by atoms with Crippen LogP contribution in [0.1, 0.15) is 88.1 Å². The summed E-state index contributed by atoms with van der Waals surface area (Å²) in [5, 5.41) is 9.98. The van der Waals surface area contributed by atoms with Gasteiger partial charge in [0.2, 0.25) is 5.89 Å². The molecule has 0 amide bonds. The fraction of sp³-hybridized carbons (Fsp3) is 0.500. The van der Waals surface area contributed by atoms with Crippen molar-refractivity contribution in [1.29, 1.82) is 0 Å². The van der Waals surface area contributed by atoms with Crippen LogP contribution < -0.4 is 4.74 Å². The van der Waals surface area contributed by atoms with Gasteiger partial charge in [-0.3, -0.25) is 4.98 Å². The first-order chi connectivity index (χ1) is 19.5. The number of ether oxygens (including phenoxy) is 5. The number of esters is 4. The number of rotatable bonds is 8. The first kappa shape index (κ1) is 32.8. The number of oxazole rings is 1. The van der Waals surface area contributed by atoms with Crippen molar-refractivity contribution in [3.8, 4) is 11.7 Å². The predicted octanol–water partition coefficient (Wildman–Crippen LogP) is 3.69. The molecule has 41 heavy (non-hydrogen) atoms. The normalized spacial score (nSPS) is 13.6. The van der Waals surface area contributed by atoms with E-state index in [9.17, 15) is 24.3 Å². The number of hydrogen-bond acceptors (Lipinski definition) is 13. The second-order valence-corrected chi connectivity index (χ2v) is 8.95. The average molecular weight is 577 g/mol. The molecule has 2 aromatic heterocycles. The van der Waals surface area contributed by atoms with Crippen LogP contribution in [-0.2, 0) is 28.5 Å². The third-order valence-corrected chi connectivity index (χ3v) is 5.85. The van der Waals surface area contributed by atoms with E-state index in [0.717, 1.165) is 36.6 Å². The molecule has 2 saturated carbocycles. The molecule has 0 aromatic carbocycles. The molecule has 0 unspecified atom stereocenters. The van der Waals surface area contributed by atoms with Gasteiger partial charge in [-0.2, -0.15) is 0 Å². The summed E-state index contributed by atoms with van der Waals surface area (Å²) in [5.41, 5.74) is 1.53. The molecule has 0 radical (unpaired) electrons. The number of aromatic nitrogens is 2. The number of carbonyl (C=O) groups excluding carboxylic acids is 4. The summed E-state index contributed by atoms with van der Waals surface area (Å²) in [6.07, 6.45) is 6.22. The second kappa shape index (κ2) is 15.4. The number of aromatic hydroxyl groups is 1. The lowest BCUT2D eigenvalue weighted by Gasteiger charge is -2.14. The van der Waals surface area contributed by atoms with Crippen molar-refractivity contribution in [2.24, 2.45) is 0 Å². The first-order valence-electron chi connectivity index (χ1n) is 12.9. The number of aryl methyl sites for hydroxylation is 2. The van der Waals surface area contributed by atoms with Crippen LogP contribution in [0.25, 0.3) is 0 Å². The van der Waals surface area contributed by atoms with Crippen LogP contribution in [0.15, 0.2) is 16.6 Å². The zero-order valence-corrected chi connectivity index (χ0v) is 24.3. The Kier molecular flexibility index (Phi) is 12.3. The summed E-state index contributed by atoms with van der Waals surface area (Å²) in [5.74, 6) is -0.798.